The highest BCUT2D eigenvalue weighted by molar-refractivity contribution is 5.96. The van der Waals surface area contributed by atoms with Gasteiger partial charge in [-0.15, -0.1) is 0 Å². The van der Waals surface area contributed by atoms with Crippen molar-refractivity contribution in [2.75, 3.05) is 26.2 Å². The molecule has 0 unspecified atom stereocenters. The van der Waals surface area contributed by atoms with Crippen molar-refractivity contribution in [2.24, 2.45) is 0 Å². The minimum Gasteiger partial charge on any atom is -0.336 e. The van der Waals surface area contributed by atoms with Crippen molar-refractivity contribution >= 4 is 5.91 Å². The molecular weight excluding hydrogens is 284 g/mol. The molecule has 1 aliphatic rings. The Morgan fingerprint density at radius 3 is 2.30 bits per heavy atom. The molecule has 3 heteroatoms. The largest absolute Gasteiger partial charge is 0.336 e. The van der Waals surface area contributed by atoms with Crippen LogP contribution < -0.4 is 0 Å². The highest BCUT2D eigenvalue weighted by Gasteiger charge is 2.23. The average molecular weight is 308 g/mol. The van der Waals surface area contributed by atoms with E-state index in [9.17, 15) is 4.79 Å². The van der Waals surface area contributed by atoms with Gasteiger partial charge in [0.25, 0.3) is 5.91 Å². The Labute approximate surface area is 138 Å². The maximum absolute atomic E-state index is 12.7. The summed E-state index contributed by atoms with van der Waals surface area (Å²) in [6.07, 6.45) is 0. The Morgan fingerprint density at radius 2 is 1.61 bits per heavy atom. The SMILES string of the molecule is Cc1cccc(C(=O)N2CCN(Cc3ccccc3)CC2)c1C. The molecule has 0 aliphatic carbocycles. The Morgan fingerprint density at radius 1 is 0.913 bits per heavy atom. The molecule has 1 heterocycles. The third-order valence-electron chi connectivity index (χ3n) is 4.74. The summed E-state index contributed by atoms with van der Waals surface area (Å²) in [6, 6.07) is 16.5. The molecule has 0 spiro atoms. The molecule has 0 radical (unpaired) electrons. The van der Waals surface area contributed by atoms with E-state index in [4.69, 9.17) is 0 Å². The number of carbonyl (C=O) groups is 1. The number of hydrogen-bond acceptors (Lipinski definition) is 2. The summed E-state index contributed by atoms with van der Waals surface area (Å²) in [5, 5.41) is 0. The van der Waals surface area contributed by atoms with E-state index in [0.717, 1.165) is 43.9 Å². The van der Waals surface area contributed by atoms with Gasteiger partial charge in [-0.3, -0.25) is 9.69 Å². The van der Waals surface area contributed by atoms with Crippen molar-refractivity contribution in [3.63, 3.8) is 0 Å². The van der Waals surface area contributed by atoms with Gasteiger partial charge in [0.15, 0.2) is 0 Å². The summed E-state index contributed by atoms with van der Waals surface area (Å²) in [6.45, 7) is 8.54. The fourth-order valence-corrected chi connectivity index (χ4v) is 3.10. The van der Waals surface area contributed by atoms with Crippen LogP contribution in [0.4, 0.5) is 0 Å². The Balaban J connectivity index is 1.60. The summed E-state index contributed by atoms with van der Waals surface area (Å²) in [5.74, 6) is 0.172. The van der Waals surface area contributed by atoms with Crippen LogP contribution in [-0.4, -0.2) is 41.9 Å². The van der Waals surface area contributed by atoms with Crippen molar-refractivity contribution < 1.29 is 4.79 Å². The quantitative estimate of drug-likeness (QED) is 0.869. The van der Waals surface area contributed by atoms with Crippen molar-refractivity contribution in [1.29, 1.82) is 0 Å². The van der Waals surface area contributed by atoms with E-state index in [0.29, 0.717) is 0 Å². The van der Waals surface area contributed by atoms with Crippen LogP contribution in [0.1, 0.15) is 27.0 Å². The minimum atomic E-state index is 0.172. The molecule has 0 atom stereocenters. The molecule has 120 valence electrons. The predicted octanol–water partition coefficient (Wildman–Crippen LogP) is 3.26. The molecule has 0 N–H and O–H groups in total. The summed E-state index contributed by atoms with van der Waals surface area (Å²) >= 11 is 0. The molecule has 1 fully saturated rings. The maximum atomic E-state index is 12.7. The second-order valence-corrected chi connectivity index (χ2v) is 6.30. The van der Waals surface area contributed by atoms with Gasteiger partial charge < -0.3 is 4.90 Å². The van der Waals surface area contributed by atoms with Gasteiger partial charge in [0, 0.05) is 38.3 Å². The standard InChI is InChI=1S/C20H24N2O/c1-16-7-6-10-19(17(16)2)20(23)22-13-11-21(12-14-22)15-18-8-4-3-5-9-18/h3-10H,11-15H2,1-2H3. The van der Waals surface area contributed by atoms with E-state index in [-0.39, 0.29) is 5.91 Å². The maximum Gasteiger partial charge on any atom is 0.254 e. The molecular formula is C20H24N2O. The Kier molecular flexibility index (Phi) is 4.77. The molecule has 0 aromatic heterocycles. The van der Waals surface area contributed by atoms with Crippen LogP contribution in [0.5, 0.6) is 0 Å². The monoisotopic (exact) mass is 308 g/mol. The normalized spacial score (nSPS) is 15.7. The lowest BCUT2D eigenvalue weighted by molar-refractivity contribution is 0.0627. The number of carbonyl (C=O) groups excluding carboxylic acids is 1. The van der Waals surface area contributed by atoms with Crippen molar-refractivity contribution in [3.8, 4) is 0 Å². The highest BCUT2D eigenvalue weighted by atomic mass is 16.2. The van der Waals surface area contributed by atoms with Gasteiger partial charge >= 0.3 is 0 Å². The zero-order valence-corrected chi connectivity index (χ0v) is 14.0. The van der Waals surface area contributed by atoms with Crippen LogP contribution in [0.25, 0.3) is 0 Å². The molecule has 3 rings (SSSR count). The lowest BCUT2D eigenvalue weighted by Crippen LogP contribution is -2.48. The number of piperazine rings is 1. The van der Waals surface area contributed by atoms with Gasteiger partial charge in [0.1, 0.15) is 0 Å². The number of benzene rings is 2. The highest BCUT2D eigenvalue weighted by Crippen LogP contribution is 2.17. The summed E-state index contributed by atoms with van der Waals surface area (Å²) in [7, 11) is 0. The number of rotatable bonds is 3. The third kappa shape index (κ3) is 3.62. The van der Waals surface area contributed by atoms with Crippen LogP contribution >= 0.6 is 0 Å². The van der Waals surface area contributed by atoms with Crippen LogP contribution in [0.3, 0.4) is 0 Å². The summed E-state index contributed by atoms with van der Waals surface area (Å²) in [4.78, 5) is 17.2. The van der Waals surface area contributed by atoms with Crippen LogP contribution in [0.2, 0.25) is 0 Å². The van der Waals surface area contributed by atoms with E-state index >= 15 is 0 Å². The third-order valence-corrected chi connectivity index (χ3v) is 4.74. The second kappa shape index (κ2) is 6.97. The van der Waals surface area contributed by atoms with E-state index < -0.39 is 0 Å². The van der Waals surface area contributed by atoms with E-state index in [1.165, 1.54) is 11.1 Å². The molecule has 1 amide bonds. The van der Waals surface area contributed by atoms with Gasteiger partial charge in [0.2, 0.25) is 0 Å². The van der Waals surface area contributed by atoms with E-state index in [2.05, 4.69) is 42.2 Å². The Hall–Kier alpha value is -2.13. The minimum absolute atomic E-state index is 0.172. The van der Waals surface area contributed by atoms with Gasteiger partial charge in [-0.2, -0.15) is 0 Å². The number of amides is 1. The summed E-state index contributed by atoms with van der Waals surface area (Å²) in [5.41, 5.74) is 4.46. The van der Waals surface area contributed by atoms with Gasteiger partial charge in [0.05, 0.1) is 0 Å². The zero-order valence-electron chi connectivity index (χ0n) is 14.0. The first kappa shape index (κ1) is 15.8. The van der Waals surface area contributed by atoms with Gasteiger partial charge in [-0.25, -0.2) is 0 Å². The molecule has 3 nitrogen and oxygen atoms in total. The van der Waals surface area contributed by atoms with E-state index in [1.807, 2.05) is 30.0 Å². The molecule has 0 bridgehead atoms. The Bertz CT molecular complexity index is 673. The fourth-order valence-electron chi connectivity index (χ4n) is 3.10. The molecule has 1 aliphatic heterocycles. The number of hydrogen-bond donors (Lipinski definition) is 0. The lowest BCUT2D eigenvalue weighted by atomic mass is 10.0. The second-order valence-electron chi connectivity index (χ2n) is 6.30. The first-order valence-electron chi connectivity index (χ1n) is 8.27. The van der Waals surface area contributed by atoms with Crippen LogP contribution in [0.15, 0.2) is 48.5 Å². The van der Waals surface area contributed by atoms with Crippen LogP contribution in [-0.2, 0) is 6.54 Å². The average Bonchev–Trinajstić information content (AvgIpc) is 2.58. The molecule has 2 aromatic rings. The van der Waals surface area contributed by atoms with Crippen molar-refractivity contribution in [1.82, 2.24) is 9.80 Å². The smallest absolute Gasteiger partial charge is 0.254 e. The molecule has 2 aromatic carbocycles. The predicted molar refractivity (Wildman–Crippen MR) is 93.5 cm³/mol. The first-order chi connectivity index (χ1) is 11.1. The molecule has 23 heavy (non-hydrogen) atoms. The summed E-state index contributed by atoms with van der Waals surface area (Å²) < 4.78 is 0. The first-order valence-corrected chi connectivity index (χ1v) is 8.27. The fraction of sp³-hybridized carbons (Fsp3) is 0.350. The van der Waals surface area contributed by atoms with Crippen molar-refractivity contribution in [2.45, 2.75) is 20.4 Å². The van der Waals surface area contributed by atoms with Crippen molar-refractivity contribution in [3.05, 3.63) is 70.8 Å². The van der Waals surface area contributed by atoms with E-state index in [1.54, 1.807) is 0 Å². The topological polar surface area (TPSA) is 23.6 Å². The van der Waals surface area contributed by atoms with Gasteiger partial charge in [-0.1, -0.05) is 42.5 Å². The zero-order chi connectivity index (χ0) is 16.2. The molecule has 0 saturated carbocycles. The molecule has 1 saturated heterocycles. The lowest BCUT2D eigenvalue weighted by Gasteiger charge is -2.35. The van der Waals surface area contributed by atoms with Crippen LogP contribution in [0, 0.1) is 13.8 Å². The number of nitrogens with zero attached hydrogens (tertiary/aromatic N) is 2. The number of aryl methyl sites for hydroxylation is 1. The van der Waals surface area contributed by atoms with Gasteiger partial charge in [-0.05, 0) is 36.6 Å².